The van der Waals surface area contributed by atoms with E-state index in [1.807, 2.05) is 6.07 Å². The lowest BCUT2D eigenvalue weighted by atomic mass is 10.1. The number of ether oxygens (including phenoxy) is 1. The molecule has 1 aliphatic rings. The molecule has 70 valence electrons. The van der Waals surface area contributed by atoms with Crippen LogP contribution < -0.4 is 5.32 Å². The van der Waals surface area contributed by atoms with Crippen LogP contribution >= 0.6 is 15.9 Å². The second-order valence-electron chi connectivity index (χ2n) is 3.11. The van der Waals surface area contributed by atoms with Gasteiger partial charge in [0.15, 0.2) is 0 Å². The molecule has 0 aliphatic carbocycles. The van der Waals surface area contributed by atoms with E-state index in [1.165, 1.54) is 5.56 Å². The molecule has 0 aromatic heterocycles. The van der Waals surface area contributed by atoms with E-state index in [1.54, 1.807) is 0 Å². The Morgan fingerprint density at radius 3 is 3.00 bits per heavy atom. The van der Waals surface area contributed by atoms with Gasteiger partial charge in [0.2, 0.25) is 0 Å². The number of rotatable bonds is 2. The van der Waals surface area contributed by atoms with E-state index in [2.05, 4.69) is 39.4 Å². The van der Waals surface area contributed by atoms with Gasteiger partial charge in [-0.3, -0.25) is 5.32 Å². The van der Waals surface area contributed by atoms with E-state index in [-0.39, 0.29) is 6.23 Å². The van der Waals surface area contributed by atoms with Crippen LogP contribution in [0.5, 0.6) is 0 Å². The zero-order valence-electron chi connectivity index (χ0n) is 7.29. The first-order valence-corrected chi connectivity index (χ1v) is 5.24. The van der Waals surface area contributed by atoms with Gasteiger partial charge < -0.3 is 4.74 Å². The van der Waals surface area contributed by atoms with Gasteiger partial charge in [0.25, 0.3) is 0 Å². The zero-order chi connectivity index (χ0) is 9.10. The summed E-state index contributed by atoms with van der Waals surface area (Å²) in [5.41, 5.74) is 1.29. The predicted octanol–water partition coefficient (Wildman–Crippen LogP) is 1.94. The molecule has 0 bridgehead atoms. The fourth-order valence-corrected chi connectivity index (χ4v) is 1.92. The summed E-state index contributed by atoms with van der Waals surface area (Å²) < 4.78 is 6.64. The third-order valence-corrected chi connectivity index (χ3v) is 2.93. The molecule has 1 saturated heterocycles. The highest BCUT2D eigenvalue weighted by Gasteiger charge is 2.15. The Labute approximate surface area is 86.4 Å². The molecular formula is C10H12BrNO. The molecule has 0 saturated carbocycles. The number of halogens is 1. The Morgan fingerprint density at radius 1 is 1.46 bits per heavy atom. The van der Waals surface area contributed by atoms with Crippen molar-refractivity contribution in [2.24, 2.45) is 0 Å². The van der Waals surface area contributed by atoms with Gasteiger partial charge >= 0.3 is 0 Å². The SMILES string of the molecule is Brc1ccccc1CC1NCCO1. The number of nitrogens with one attached hydrogen (secondary N) is 1. The first kappa shape index (κ1) is 9.19. The zero-order valence-corrected chi connectivity index (χ0v) is 8.88. The molecule has 0 spiro atoms. The molecular weight excluding hydrogens is 230 g/mol. The molecule has 1 aromatic carbocycles. The smallest absolute Gasteiger partial charge is 0.112 e. The van der Waals surface area contributed by atoms with Crippen LogP contribution in [0.4, 0.5) is 0 Å². The second kappa shape index (κ2) is 4.22. The third-order valence-electron chi connectivity index (χ3n) is 2.16. The normalized spacial score (nSPS) is 22.1. The van der Waals surface area contributed by atoms with Crippen molar-refractivity contribution in [2.45, 2.75) is 12.6 Å². The summed E-state index contributed by atoms with van der Waals surface area (Å²) in [6.45, 7) is 1.80. The first-order chi connectivity index (χ1) is 6.36. The van der Waals surface area contributed by atoms with Crippen molar-refractivity contribution in [1.29, 1.82) is 0 Å². The van der Waals surface area contributed by atoms with E-state index >= 15 is 0 Å². The number of benzene rings is 1. The van der Waals surface area contributed by atoms with Crippen LogP contribution in [0.1, 0.15) is 5.56 Å². The van der Waals surface area contributed by atoms with Crippen LogP contribution in [0.15, 0.2) is 28.7 Å². The maximum absolute atomic E-state index is 5.48. The summed E-state index contributed by atoms with van der Waals surface area (Å²) in [5.74, 6) is 0. The Morgan fingerprint density at radius 2 is 2.31 bits per heavy atom. The Hall–Kier alpha value is -0.380. The summed E-state index contributed by atoms with van der Waals surface area (Å²) in [7, 11) is 0. The molecule has 2 rings (SSSR count). The molecule has 1 atom stereocenters. The second-order valence-corrected chi connectivity index (χ2v) is 3.96. The van der Waals surface area contributed by atoms with Crippen molar-refractivity contribution >= 4 is 15.9 Å². The monoisotopic (exact) mass is 241 g/mol. The van der Waals surface area contributed by atoms with Crippen molar-refractivity contribution in [3.05, 3.63) is 34.3 Å². The topological polar surface area (TPSA) is 21.3 Å². The molecule has 0 radical (unpaired) electrons. The molecule has 1 aliphatic heterocycles. The molecule has 2 nitrogen and oxygen atoms in total. The average molecular weight is 242 g/mol. The predicted molar refractivity (Wildman–Crippen MR) is 55.6 cm³/mol. The van der Waals surface area contributed by atoms with Gasteiger partial charge in [-0.1, -0.05) is 34.1 Å². The lowest BCUT2D eigenvalue weighted by molar-refractivity contribution is 0.102. The summed E-state index contributed by atoms with van der Waals surface area (Å²) in [4.78, 5) is 0. The molecule has 1 aromatic rings. The molecule has 1 fully saturated rings. The molecule has 1 heterocycles. The summed E-state index contributed by atoms with van der Waals surface area (Å²) in [5, 5.41) is 3.29. The molecule has 1 unspecified atom stereocenters. The van der Waals surface area contributed by atoms with Crippen LogP contribution in [-0.4, -0.2) is 19.4 Å². The quantitative estimate of drug-likeness (QED) is 0.855. The summed E-state index contributed by atoms with van der Waals surface area (Å²) in [6.07, 6.45) is 1.13. The summed E-state index contributed by atoms with van der Waals surface area (Å²) >= 11 is 3.52. The van der Waals surface area contributed by atoms with Gasteiger partial charge in [-0.15, -0.1) is 0 Å². The minimum atomic E-state index is 0.193. The van der Waals surface area contributed by atoms with Gasteiger partial charge in [-0.05, 0) is 11.6 Å². The van der Waals surface area contributed by atoms with E-state index in [0.717, 1.165) is 24.0 Å². The van der Waals surface area contributed by atoms with Crippen LogP contribution in [-0.2, 0) is 11.2 Å². The van der Waals surface area contributed by atoms with Crippen LogP contribution in [0, 0.1) is 0 Å². The molecule has 13 heavy (non-hydrogen) atoms. The first-order valence-electron chi connectivity index (χ1n) is 4.44. The number of hydrogen-bond donors (Lipinski definition) is 1. The third kappa shape index (κ3) is 2.30. The Kier molecular flexibility index (Phi) is 2.98. The van der Waals surface area contributed by atoms with Crippen molar-refractivity contribution in [1.82, 2.24) is 5.32 Å². The van der Waals surface area contributed by atoms with Gasteiger partial charge in [0, 0.05) is 17.4 Å². The van der Waals surface area contributed by atoms with Gasteiger partial charge in [0.1, 0.15) is 6.23 Å². The Bertz CT molecular complexity index is 284. The molecule has 1 N–H and O–H groups in total. The van der Waals surface area contributed by atoms with E-state index in [0.29, 0.717) is 0 Å². The van der Waals surface area contributed by atoms with Crippen molar-refractivity contribution in [3.63, 3.8) is 0 Å². The minimum absolute atomic E-state index is 0.193. The van der Waals surface area contributed by atoms with E-state index in [4.69, 9.17) is 4.74 Å². The molecule has 3 heteroatoms. The fraction of sp³-hybridized carbons (Fsp3) is 0.400. The Balaban J connectivity index is 2.04. The van der Waals surface area contributed by atoms with Crippen molar-refractivity contribution in [3.8, 4) is 0 Å². The standard InChI is InChI=1S/C10H12BrNO/c11-9-4-2-1-3-8(9)7-10-12-5-6-13-10/h1-4,10,12H,5-7H2. The van der Waals surface area contributed by atoms with Crippen LogP contribution in [0.2, 0.25) is 0 Å². The minimum Gasteiger partial charge on any atom is -0.362 e. The highest BCUT2D eigenvalue weighted by molar-refractivity contribution is 9.10. The maximum atomic E-state index is 5.48. The van der Waals surface area contributed by atoms with E-state index < -0.39 is 0 Å². The van der Waals surface area contributed by atoms with Gasteiger partial charge in [-0.25, -0.2) is 0 Å². The van der Waals surface area contributed by atoms with Crippen LogP contribution in [0.25, 0.3) is 0 Å². The highest BCUT2D eigenvalue weighted by atomic mass is 79.9. The average Bonchev–Trinajstić information content (AvgIpc) is 2.61. The fourth-order valence-electron chi connectivity index (χ4n) is 1.47. The van der Waals surface area contributed by atoms with Gasteiger partial charge in [-0.2, -0.15) is 0 Å². The lowest BCUT2D eigenvalue weighted by Gasteiger charge is -2.10. The highest BCUT2D eigenvalue weighted by Crippen LogP contribution is 2.18. The van der Waals surface area contributed by atoms with Gasteiger partial charge in [0.05, 0.1) is 6.61 Å². The van der Waals surface area contributed by atoms with Crippen LogP contribution in [0.3, 0.4) is 0 Å². The summed E-state index contributed by atoms with van der Waals surface area (Å²) in [6, 6.07) is 8.25. The van der Waals surface area contributed by atoms with Crippen molar-refractivity contribution in [2.75, 3.05) is 13.2 Å². The van der Waals surface area contributed by atoms with E-state index in [9.17, 15) is 0 Å². The largest absolute Gasteiger partial charge is 0.362 e. The maximum Gasteiger partial charge on any atom is 0.112 e. The lowest BCUT2D eigenvalue weighted by Crippen LogP contribution is -2.24. The van der Waals surface area contributed by atoms with Crippen molar-refractivity contribution < 1.29 is 4.74 Å². The number of hydrogen-bond acceptors (Lipinski definition) is 2. The molecule has 0 amide bonds.